The largest absolute Gasteiger partial charge is 0.444 e. The highest BCUT2D eigenvalue weighted by atomic mass is 16.6. The van der Waals surface area contributed by atoms with E-state index in [0.717, 1.165) is 35.1 Å². The number of ether oxygens (including phenoxy) is 2. The molecule has 9 nitrogen and oxygen atoms in total. The average molecular weight is 615 g/mol. The molecule has 2 aromatic carbocycles. The molecular weight excluding hydrogens is 568 g/mol. The van der Waals surface area contributed by atoms with Crippen LogP contribution in [0.15, 0.2) is 66.2 Å². The van der Waals surface area contributed by atoms with Gasteiger partial charge in [0.1, 0.15) is 17.1 Å². The fourth-order valence-corrected chi connectivity index (χ4v) is 5.33. The lowest BCUT2D eigenvalue weighted by Crippen LogP contribution is -2.50. The second kappa shape index (κ2) is 15.1. The number of piperidine rings is 2. The SMILES string of the molecule is CC(C)(C)OC(=O)N1CCC(=C(C#N)c2ccccc2)CC1.CC(C)(C)OC(=O)N1CCC(O)(C(C#N)c2ccccc2)CC1. The molecule has 2 aliphatic rings. The Morgan fingerprint density at radius 3 is 1.64 bits per heavy atom. The van der Waals surface area contributed by atoms with Crippen molar-refractivity contribution >= 4 is 17.8 Å². The number of aliphatic hydroxyl groups is 1. The summed E-state index contributed by atoms with van der Waals surface area (Å²) < 4.78 is 10.7. The molecule has 1 N–H and O–H groups in total. The summed E-state index contributed by atoms with van der Waals surface area (Å²) in [6.45, 7) is 13.0. The number of likely N-dealkylation sites (tertiary alicyclic amines) is 2. The van der Waals surface area contributed by atoms with Gasteiger partial charge in [0.25, 0.3) is 0 Å². The molecule has 0 saturated carbocycles. The summed E-state index contributed by atoms with van der Waals surface area (Å²) in [4.78, 5) is 27.5. The molecular formula is C36H46N4O5. The smallest absolute Gasteiger partial charge is 0.410 e. The maximum absolute atomic E-state index is 12.1. The molecule has 2 amide bonds. The van der Waals surface area contributed by atoms with Crippen molar-refractivity contribution in [3.05, 3.63) is 77.4 Å². The van der Waals surface area contributed by atoms with Crippen molar-refractivity contribution in [2.75, 3.05) is 26.2 Å². The van der Waals surface area contributed by atoms with Gasteiger partial charge in [0.15, 0.2) is 0 Å². The highest BCUT2D eigenvalue weighted by Gasteiger charge is 2.42. The lowest BCUT2D eigenvalue weighted by molar-refractivity contribution is -0.0388. The highest BCUT2D eigenvalue weighted by molar-refractivity contribution is 5.79. The van der Waals surface area contributed by atoms with Crippen LogP contribution in [-0.4, -0.2) is 70.1 Å². The summed E-state index contributed by atoms with van der Waals surface area (Å²) >= 11 is 0. The molecule has 0 spiro atoms. The van der Waals surface area contributed by atoms with Crippen molar-refractivity contribution in [1.82, 2.24) is 9.80 Å². The van der Waals surface area contributed by atoms with Gasteiger partial charge in [-0.05, 0) is 83.9 Å². The van der Waals surface area contributed by atoms with Crippen LogP contribution in [0.3, 0.4) is 0 Å². The Balaban J connectivity index is 0.000000246. The monoisotopic (exact) mass is 614 g/mol. The van der Waals surface area contributed by atoms with Crippen LogP contribution in [0.25, 0.3) is 5.57 Å². The lowest BCUT2D eigenvalue weighted by atomic mass is 9.76. The van der Waals surface area contributed by atoms with E-state index >= 15 is 0 Å². The first-order valence-electron chi connectivity index (χ1n) is 15.5. The Kier molecular flexibility index (Phi) is 11.8. The molecule has 240 valence electrons. The summed E-state index contributed by atoms with van der Waals surface area (Å²) in [7, 11) is 0. The van der Waals surface area contributed by atoms with E-state index in [2.05, 4.69) is 12.1 Å². The number of carbonyl (C=O) groups is 2. The Bertz CT molecular complexity index is 1390. The number of rotatable bonds is 3. The topological polar surface area (TPSA) is 127 Å². The number of amides is 2. The number of nitrogens with zero attached hydrogens (tertiary/aromatic N) is 4. The zero-order valence-corrected chi connectivity index (χ0v) is 27.4. The van der Waals surface area contributed by atoms with Gasteiger partial charge in [-0.2, -0.15) is 10.5 Å². The van der Waals surface area contributed by atoms with E-state index < -0.39 is 22.7 Å². The normalized spacial score (nSPS) is 17.0. The second-order valence-electron chi connectivity index (χ2n) is 13.5. The van der Waals surface area contributed by atoms with Crippen molar-refractivity contribution in [3.63, 3.8) is 0 Å². The number of benzene rings is 2. The lowest BCUT2D eigenvalue weighted by Gasteiger charge is -2.40. The third-order valence-electron chi connectivity index (χ3n) is 7.63. The van der Waals surface area contributed by atoms with Crippen LogP contribution in [0.5, 0.6) is 0 Å². The molecule has 2 fully saturated rings. The molecule has 45 heavy (non-hydrogen) atoms. The second-order valence-corrected chi connectivity index (χ2v) is 13.5. The Labute approximate surface area is 267 Å². The molecule has 0 bridgehead atoms. The van der Waals surface area contributed by atoms with Gasteiger partial charge in [-0.1, -0.05) is 60.7 Å². The molecule has 1 atom stereocenters. The fourth-order valence-electron chi connectivity index (χ4n) is 5.33. The molecule has 2 aliphatic heterocycles. The predicted octanol–water partition coefficient (Wildman–Crippen LogP) is 7.05. The molecule has 0 radical (unpaired) electrons. The van der Waals surface area contributed by atoms with Crippen LogP contribution in [0, 0.1) is 22.7 Å². The summed E-state index contributed by atoms with van der Waals surface area (Å²) in [6.07, 6.45) is 1.52. The van der Waals surface area contributed by atoms with Gasteiger partial charge in [0.05, 0.1) is 23.3 Å². The van der Waals surface area contributed by atoms with Crippen LogP contribution in [0.4, 0.5) is 9.59 Å². The molecule has 2 aromatic rings. The van der Waals surface area contributed by atoms with E-state index in [9.17, 15) is 25.2 Å². The molecule has 2 heterocycles. The van der Waals surface area contributed by atoms with Crippen LogP contribution >= 0.6 is 0 Å². The average Bonchev–Trinajstić information content (AvgIpc) is 2.98. The molecule has 1 unspecified atom stereocenters. The summed E-state index contributed by atoms with van der Waals surface area (Å²) in [5, 5.41) is 29.9. The van der Waals surface area contributed by atoms with Gasteiger partial charge in [-0.25, -0.2) is 9.59 Å². The molecule has 9 heteroatoms. The van der Waals surface area contributed by atoms with Gasteiger partial charge < -0.3 is 24.4 Å². The van der Waals surface area contributed by atoms with Gasteiger partial charge >= 0.3 is 12.2 Å². The summed E-state index contributed by atoms with van der Waals surface area (Å²) in [6, 6.07) is 23.6. The Morgan fingerprint density at radius 1 is 0.778 bits per heavy atom. The highest BCUT2D eigenvalue weighted by Crippen LogP contribution is 2.36. The standard InChI is InChI=1S/C18H24N2O3.C18H22N2O2/c1-17(2,3)23-16(21)20-11-9-18(22,10-12-20)15(13-19)14-7-5-4-6-8-14;1-18(2,3)22-17(21)20-11-9-15(10-12-20)16(13-19)14-7-5-4-6-8-14/h4-8,15,22H,9-12H2,1-3H3;4-8H,9-12H2,1-3H3. The predicted molar refractivity (Wildman–Crippen MR) is 173 cm³/mol. The fraction of sp³-hybridized carbons (Fsp3) is 0.500. The molecule has 4 rings (SSSR count). The number of carbonyl (C=O) groups excluding carboxylic acids is 2. The van der Waals surface area contributed by atoms with E-state index in [1.165, 1.54) is 0 Å². The van der Waals surface area contributed by atoms with E-state index in [0.29, 0.717) is 39.0 Å². The van der Waals surface area contributed by atoms with Crippen molar-refractivity contribution in [3.8, 4) is 12.1 Å². The number of nitriles is 2. The number of hydrogen-bond acceptors (Lipinski definition) is 7. The van der Waals surface area contributed by atoms with Crippen LogP contribution in [0.2, 0.25) is 0 Å². The number of hydrogen-bond donors (Lipinski definition) is 1. The molecule has 2 saturated heterocycles. The molecule has 0 aliphatic carbocycles. The minimum Gasteiger partial charge on any atom is -0.444 e. The maximum atomic E-state index is 12.1. The third kappa shape index (κ3) is 10.4. The van der Waals surface area contributed by atoms with Gasteiger partial charge in [0, 0.05) is 26.2 Å². The van der Waals surface area contributed by atoms with Gasteiger partial charge in [0.2, 0.25) is 0 Å². The Hall–Kier alpha value is -4.34. The quantitative estimate of drug-likeness (QED) is 0.367. The van der Waals surface area contributed by atoms with Crippen molar-refractivity contribution in [2.24, 2.45) is 0 Å². The van der Waals surface area contributed by atoms with Crippen molar-refractivity contribution in [2.45, 2.75) is 89.9 Å². The number of allylic oxidation sites excluding steroid dienone is 1. The van der Waals surface area contributed by atoms with Gasteiger partial charge in [-0.3, -0.25) is 0 Å². The van der Waals surface area contributed by atoms with Crippen LogP contribution < -0.4 is 0 Å². The van der Waals surface area contributed by atoms with Gasteiger partial charge in [-0.15, -0.1) is 0 Å². The van der Waals surface area contributed by atoms with Crippen LogP contribution in [0.1, 0.15) is 84.3 Å². The first kappa shape index (κ1) is 35.1. The van der Waals surface area contributed by atoms with Crippen molar-refractivity contribution < 1.29 is 24.2 Å². The van der Waals surface area contributed by atoms with E-state index in [1.54, 1.807) is 9.80 Å². The van der Waals surface area contributed by atoms with Crippen LogP contribution in [-0.2, 0) is 9.47 Å². The third-order valence-corrected chi connectivity index (χ3v) is 7.63. The van der Waals surface area contributed by atoms with E-state index in [-0.39, 0.29) is 12.2 Å². The first-order chi connectivity index (χ1) is 21.2. The minimum absolute atomic E-state index is 0.273. The van der Waals surface area contributed by atoms with E-state index in [1.807, 2.05) is 102 Å². The van der Waals surface area contributed by atoms with E-state index in [4.69, 9.17) is 9.47 Å². The molecule has 0 aromatic heterocycles. The first-order valence-corrected chi connectivity index (χ1v) is 15.5. The maximum Gasteiger partial charge on any atom is 0.410 e. The zero-order valence-electron chi connectivity index (χ0n) is 27.4. The summed E-state index contributed by atoms with van der Waals surface area (Å²) in [5.74, 6) is -0.593. The van der Waals surface area contributed by atoms with Crippen molar-refractivity contribution in [1.29, 1.82) is 10.5 Å². The zero-order chi connectivity index (χ0) is 33.3. The summed E-state index contributed by atoms with van der Waals surface area (Å²) in [5.41, 5.74) is 1.49. The minimum atomic E-state index is -1.12. The Morgan fingerprint density at radius 2 is 1.22 bits per heavy atom.